The number of benzene rings is 1. The van der Waals surface area contributed by atoms with Crippen LogP contribution in [0, 0.1) is 6.92 Å². The molecule has 0 amide bonds. The lowest BCUT2D eigenvalue weighted by Crippen LogP contribution is -2.06. The molecule has 0 spiro atoms. The molecule has 1 aromatic heterocycles. The number of anilines is 1. The zero-order chi connectivity index (χ0) is 13.3. The number of hydrogen-bond acceptors (Lipinski definition) is 3. The summed E-state index contributed by atoms with van der Waals surface area (Å²) >= 11 is 13.5. The van der Waals surface area contributed by atoms with Gasteiger partial charge >= 0.3 is 0 Å². The fourth-order valence-corrected chi connectivity index (χ4v) is 3.22. The minimum absolute atomic E-state index is 0.0798. The van der Waals surface area contributed by atoms with Gasteiger partial charge in [-0.05, 0) is 43.0 Å². The van der Waals surface area contributed by atoms with E-state index in [9.17, 15) is 5.11 Å². The van der Waals surface area contributed by atoms with Gasteiger partial charge in [0.1, 0.15) is 0 Å². The van der Waals surface area contributed by atoms with Gasteiger partial charge in [0.15, 0.2) is 5.75 Å². The molecule has 0 aliphatic heterocycles. The number of hydrogen-bond donors (Lipinski definition) is 2. The van der Waals surface area contributed by atoms with Crippen LogP contribution in [-0.2, 0) is 0 Å². The van der Waals surface area contributed by atoms with Crippen LogP contribution in [0.1, 0.15) is 23.4 Å². The Morgan fingerprint density at radius 1 is 1.28 bits per heavy atom. The summed E-state index contributed by atoms with van der Waals surface area (Å²) in [5.41, 5.74) is 2.05. The molecule has 2 N–H and O–H groups in total. The predicted molar refractivity (Wildman–Crippen MR) is 79.2 cm³/mol. The minimum Gasteiger partial charge on any atom is -0.505 e. The van der Waals surface area contributed by atoms with Gasteiger partial charge in [-0.15, -0.1) is 11.3 Å². The smallest absolute Gasteiger partial charge is 0.152 e. The van der Waals surface area contributed by atoms with Crippen LogP contribution < -0.4 is 5.32 Å². The molecule has 2 aromatic rings. The van der Waals surface area contributed by atoms with E-state index in [-0.39, 0.29) is 21.8 Å². The molecule has 1 unspecified atom stereocenters. The summed E-state index contributed by atoms with van der Waals surface area (Å²) in [5.74, 6) is -0.0798. The molecule has 0 bridgehead atoms. The van der Waals surface area contributed by atoms with Crippen molar-refractivity contribution in [1.29, 1.82) is 0 Å². The molecule has 2 nitrogen and oxygen atoms in total. The molecule has 2 rings (SSSR count). The van der Waals surface area contributed by atoms with Crippen molar-refractivity contribution >= 4 is 40.2 Å². The number of thiophene rings is 1. The second-order valence-electron chi connectivity index (χ2n) is 4.12. The monoisotopic (exact) mass is 301 g/mol. The molecular formula is C13H13Cl2NOS. The van der Waals surface area contributed by atoms with Gasteiger partial charge in [-0.2, -0.15) is 0 Å². The topological polar surface area (TPSA) is 32.3 Å². The van der Waals surface area contributed by atoms with Crippen LogP contribution in [0.4, 0.5) is 5.69 Å². The number of phenols is 1. The second-order valence-corrected chi connectivity index (χ2v) is 5.88. The predicted octanol–water partition coefficient (Wildman–Crippen LogP) is 5.24. The standard InChI is InChI=1S/C13H13Cl2NOS/c1-7-3-4-18-13(7)8(2)16-9-5-10(14)12(17)11(15)6-9/h3-6,8,16-17H,1-2H3. The van der Waals surface area contributed by atoms with Crippen molar-refractivity contribution in [2.75, 3.05) is 5.32 Å². The lowest BCUT2D eigenvalue weighted by Gasteiger charge is -2.16. The molecule has 18 heavy (non-hydrogen) atoms. The van der Waals surface area contributed by atoms with Crippen LogP contribution in [0.25, 0.3) is 0 Å². The number of phenolic OH excluding ortho intramolecular Hbond substituents is 1. The Balaban J connectivity index is 2.22. The van der Waals surface area contributed by atoms with Gasteiger partial charge in [-0.1, -0.05) is 23.2 Å². The summed E-state index contributed by atoms with van der Waals surface area (Å²) in [6, 6.07) is 5.60. The molecule has 0 fully saturated rings. The third-order valence-electron chi connectivity index (χ3n) is 2.70. The molecule has 1 atom stereocenters. The molecule has 5 heteroatoms. The Bertz CT molecular complexity index is 545. The fraction of sp³-hybridized carbons (Fsp3) is 0.231. The highest BCUT2D eigenvalue weighted by atomic mass is 35.5. The highest BCUT2D eigenvalue weighted by Crippen LogP contribution is 2.36. The Kier molecular flexibility index (Phi) is 4.05. The van der Waals surface area contributed by atoms with Crippen molar-refractivity contribution in [3.05, 3.63) is 44.1 Å². The van der Waals surface area contributed by atoms with Crippen LogP contribution in [-0.4, -0.2) is 5.11 Å². The van der Waals surface area contributed by atoms with E-state index in [0.29, 0.717) is 0 Å². The van der Waals surface area contributed by atoms with Gasteiger partial charge in [0.05, 0.1) is 16.1 Å². The third kappa shape index (κ3) is 2.74. The van der Waals surface area contributed by atoms with E-state index >= 15 is 0 Å². The molecule has 1 aromatic carbocycles. The van der Waals surface area contributed by atoms with Gasteiger partial charge in [-0.3, -0.25) is 0 Å². The molecule has 0 aliphatic rings. The number of rotatable bonds is 3. The first-order valence-electron chi connectivity index (χ1n) is 5.47. The maximum Gasteiger partial charge on any atom is 0.152 e. The quantitative estimate of drug-likeness (QED) is 0.760. The summed E-state index contributed by atoms with van der Waals surface area (Å²) in [4.78, 5) is 1.27. The molecular weight excluding hydrogens is 289 g/mol. The maximum absolute atomic E-state index is 9.50. The average molecular weight is 302 g/mol. The molecule has 0 radical (unpaired) electrons. The Morgan fingerprint density at radius 2 is 1.89 bits per heavy atom. The fourth-order valence-electron chi connectivity index (χ4n) is 1.79. The van der Waals surface area contributed by atoms with Crippen LogP contribution >= 0.6 is 34.5 Å². The maximum atomic E-state index is 9.50. The lowest BCUT2D eigenvalue weighted by atomic mass is 10.2. The van der Waals surface area contributed by atoms with Crippen LogP contribution in [0.5, 0.6) is 5.75 Å². The van der Waals surface area contributed by atoms with E-state index < -0.39 is 0 Å². The molecule has 0 saturated carbocycles. The van der Waals surface area contributed by atoms with E-state index in [2.05, 4.69) is 30.6 Å². The van der Waals surface area contributed by atoms with Crippen molar-refractivity contribution in [1.82, 2.24) is 0 Å². The summed E-state index contributed by atoms with van der Waals surface area (Å²) in [6.45, 7) is 4.16. The zero-order valence-corrected chi connectivity index (χ0v) is 12.3. The van der Waals surface area contributed by atoms with Crippen molar-refractivity contribution in [2.45, 2.75) is 19.9 Å². The second kappa shape index (κ2) is 5.39. The SMILES string of the molecule is Cc1ccsc1C(C)Nc1cc(Cl)c(O)c(Cl)c1. The highest BCUT2D eigenvalue weighted by molar-refractivity contribution is 7.10. The summed E-state index contributed by atoms with van der Waals surface area (Å²) in [6.07, 6.45) is 0. The van der Waals surface area contributed by atoms with Gasteiger partial charge < -0.3 is 10.4 Å². The Labute approximate surface area is 120 Å². The number of nitrogens with one attached hydrogen (secondary N) is 1. The average Bonchev–Trinajstić information content (AvgIpc) is 2.72. The van der Waals surface area contributed by atoms with E-state index in [4.69, 9.17) is 23.2 Å². The first-order chi connectivity index (χ1) is 8.49. The van der Waals surface area contributed by atoms with Crippen molar-refractivity contribution in [3.63, 3.8) is 0 Å². The summed E-state index contributed by atoms with van der Waals surface area (Å²) < 4.78 is 0. The van der Waals surface area contributed by atoms with E-state index in [1.807, 2.05) is 0 Å². The van der Waals surface area contributed by atoms with E-state index in [0.717, 1.165) is 5.69 Å². The molecule has 0 aliphatic carbocycles. The minimum atomic E-state index is -0.0798. The van der Waals surface area contributed by atoms with Gasteiger partial charge in [-0.25, -0.2) is 0 Å². The van der Waals surface area contributed by atoms with Gasteiger partial charge in [0.2, 0.25) is 0 Å². The van der Waals surface area contributed by atoms with Crippen LogP contribution in [0.3, 0.4) is 0 Å². The molecule has 1 heterocycles. The van der Waals surface area contributed by atoms with Gasteiger partial charge in [0, 0.05) is 10.6 Å². The van der Waals surface area contributed by atoms with E-state index in [1.165, 1.54) is 10.4 Å². The molecule has 0 saturated heterocycles. The summed E-state index contributed by atoms with van der Waals surface area (Å²) in [7, 11) is 0. The van der Waals surface area contributed by atoms with Crippen molar-refractivity contribution in [3.8, 4) is 5.75 Å². The normalized spacial score (nSPS) is 12.4. The number of aryl methyl sites for hydroxylation is 1. The Morgan fingerprint density at radius 3 is 2.39 bits per heavy atom. The highest BCUT2D eigenvalue weighted by Gasteiger charge is 2.12. The van der Waals surface area contributed by atoms with Crippen LogP contribution in [0.2, 0.25) is 10.0 Å². The first kappa shape index (κ1) is 13.5. The zero-order valence-electron chi connectivity index (χ0n) is 10.00. The third-order valence-corrected chi connectivity index (χ3v) is 4.47. The van der Waals surface area contributed by atoms with Crippen LogP contribution in [0.15, 0.2) is 23.6 Å². The lowest BCUT2D eigenvalue weighted by molar-refractivity contribution is 0.476. The van der Waals surface area contributed by atoms with Crippen molar-refractivity contribution in [2.24, 2.45) is 0 Å². The Hall–Kier alpha value is -0.900. The number of halogens is 2. The van der Waals surface area contributed by atoms with Gasteiger partial charge in [0.25, 0.3) is 0 Å². The van der Waals surface area contributed by atoms with Crippen molar-refractivity contribution < 1.29 is 5.11 Å². The largest absolute Gasteiger partial charge is 0.505 e. The molecule has 96 valence electrons. The summed E-state index contributed by atoms with van der Waals surface area (Å²) in [5, 5.41) is 15.4. The van der Waals surface area contributed by atoms with E-state index in [1.54, 1.807) is 23.5 Å². The number of aromatic hydroxyl groups is 1. The first-order valence-corrected chi connectivity index (χ1v) is 7.11.